The van der Waals surface area contributed by atoms with E-state index >= 15 is 0 Å². The first-order valence-electron chi connectivity index (χ1n) is 5.79. The minimum Gasteiger partial charge on any atom is -0.475 e. The number of nitrogens with two attached hydrogens (primary N) is 1. The molecule has 0 aliphatic carbocycles. The van der Waals surface area contributed by atoms with Crippen molar-refractivity contribution < 1.29 is 23.5 Å². The van der Waals surface area contributed by atoms with E-state index in [1.807, 2.05) is 0 Å². The van der Waals surface area contributed by atoms with Crippen molar-refractivity contribution in [2.45, 2.75) is 31.0 Å². The third kappa shape index (κ3) is 4.36. The number of likely N-dealkylation sites (tertiary alicyclic amines) is 1. The second-order valence-electron chi connectivity index (χ2n) is 4.24. The molecule has 1 saturated heterocycles. The molecule has 0 aromatic heterocycles. The van der Waals surface area contributed by atoms with Crippen LogP contribution in [0.2, 0.25) is 0 Å². The highest BCUT2D eigenvalue weighted by Crippen LogP contribution is 2.19. The average Bonchev–Trinajstić information content (AvgIpc) is 2.37. The lowest BCUT2D eigenvalue weighted by molar-refractivity contribution is -0.275. The zero-order chi connectivity index (χ0) is 14.5. The summed E-state index contributed by atoms with van der Waals surface area (Å²) in [6, 6.07) is 1.33. The monoisotopic (exact) mass is 278 g/mol. The average molecular weight is 278 g/mol. The summed E-state index contributed by atoms with van der Waals surface area (Å²) in [7, 11) is 0. The number of hydrogen-bond acceptors (Lipinski definition) is 6. The number of alkyl halides is 2. The predicted molar refractivity (Wildman–Crippen MR) is 59.9 cm³/mol. The van der Waals surface area contributed by atoms with Gasteiger partial charge in [-0.3, -0.25) is 4.90 Å². The Labute approximate surface area is 108 Å². The molecule has 1 aliphatic heterocycles. The highest BCUT2D eigenvalue weighted by molar-refractivity contribution is 5.73. The summed E-state index contributed by atoms with van der Waals surface area (Å²) in [5.74, 6) is -2.36. The van der Waals surface area contributed by atoms with Crippen LogP contribution >= 0.6 is 0 Å². The molecule has 0 aromatic carbocycles. The largest absolute Gasteiger partial charge is 0.475 e. The maximum absolute atomic E-state index is 12.7. The van der Waals surface area contributed by atoms with Crippen LogP contribution in [0, 0.1) is 11.3 Å². The zero-order valence-corrected chi connectivity index (χ0v) is 10.2. The van der Waals surface area contributed by atoms with E-state index in [2.05, 4.69) is 16.4 Å². The SMILES string of the molecule is N#CC1CCC(NOC(F)(F)C(=O)O)CN1CCN. The summed E-state index contributed by atoms with van der Waals surface area (Å²) < 4.78 is 25.4. The van der Waals surface area contributed by atoms with Gasteiger partial charge in [0.05, 0.1) is 12.1 Å². The van der Waals surface area contributed by atoms with Crippen molar-refractivity contribution in [3.8, 4) is 6.07 Å². The fourth-order valence-corrected chi connectivity index (χ4v) is 1.90. The summed E-state index contributed by atoms with van der Waals surface area (Å²) in [5.41, 5.74) is 7.46. The second-order valence-corrected chi connectivity index (χ2v) is 4.24. The lowest BCUT2D eigenvalue weighted by Crippen LogP contribution is -2.53. The smallest absolute Gasteiger partial charge is 0.471 e. The van der Waals surface area contributed by atoms with Crippen LogP contribution in [-0.4, -0.2) is 53.8 Å². The lowest BCUT2D eigenvalue weighted by Gasteiger charge is -2.36. The van der Waals surface area contributed by atoms with Gasteiger partial charge in [0.2, 0.25) is 0 Å². The molecule has 1 fully saturated rings. The minimum absolute atomic E-state index is 0.297. The maximum atomic E-state index is 12.7. The van der Waals surface area contributed by atoms with Crippen LogP contribution in [0.4, 0.5) is 8.78 Å². The Bertz CT molecular complexity index is 361. The summed E-state index contributed by atoms with van der Waals surface area (Å²) in [6.45, 7) is 1.11. The Morgan fingerprint density at radius 1 is 1.63 bits per heavy atom. The first-order chi connectivity index (χ1) is 8.90. The van der Waals surface area contributed by atoms with Gasteiger partial charge >= 0.3 is 12.1 Å². The maximum Gasteiger partial charge on any atom is 0.471 e. The number of carbonyl (C=O) groups is 1. The van der Waals surface area contributed by atoms with Gasteiger partial charge < -0.3 is 10.8 Å². The summed E-state index contributed by atoms with van der Waals surface area (Å²) >= 11 is 0. The molecule has 0 aromatic rings. The van der Waals surface area contributed by atoms with Gasteiger partial charge in [-0.25, -0.2) is 9.63 Å². The number of carboxylic acid groups (broad SMARTS) is 1. The molecule has 1 aliphatic rings. The van der Waals surface area contributed by atoms with E-state index in [4.69, 9.17) is 16.1 Å². The van der Waals surface area contributed by atoms with E-state index in [1.165, 1.54) is 0 Å². The number of halogens is 2. The van der Waals surface area contributed by atoms with Crippen LogP contribution in [-0.2, 0) is 9.63 Å². The summed E-state index contributed by atoms with van der Waals surface area (Å²) in [4.78, 5) is 15.8. The highest BCUT2D eigenvalue weighted by atomic mass is 19.3. The molecule has 4 N–H and O–H groups in total. The van der Waals surface area contributed by atoms with Crippen LogP contribution in [0.5, 0.6) is 0 Å². The van der Waals surface area contributed by atoms with Crippen molar-refractivity contribution in [1.29, 1.82) is 5.26 Å². The van der Waals surface area contributed by atoms with E-state index in [0.717, 1.165) is 0 Å². The van der Waals surface area contributed by atoms with Crippen molar-refractivity contribution in [1.82, 2.24) is 10.4 Å². The molecule has 7 nitrogen and oxygen atoms in total. The molecular weight excluding hydrogens is 262 g/mol. The molecule has 2 unspecified atom stereocenters. The van der Waals surface area contributed by atoms with Crippen LogP contribution in [0.3, 0.4) is 0 Å². The summed E-state index contributed by atoms with van der Waals surface area (Å²) in [5, 5.41) is 17.1. The molecule has 0 bridgehead atoms. The van der Waals surface area contributed by atoms with Gasteiger partial charge in [-0.05, 0) is 12.8 Å². The molecular formula is C10H16F2N4O3. The molecule has 1 heterocycles. The Morgan fingerprint density at radius 2 is 2.32 bits per heavy atom. The number of nitrogens with one attached hydrogen (secondary N) is 1. The van der Waals surface area contributed by atoms with Crippen molar-refractivity contribution in [2.75, 3.05) is 19.6 Å². The number of nitrogens with zero attached hydrogens (tertiary/aromatic N) is 2. The third-order valence-electron chi connectivity index (χ3n) is 2.85. The van der Waals surface area contributed by atoms with Gasteiger partial charge in [-0.1, -0.05) is 0 Å². The predicted octanol–water partition coefficient (Wildman–Crippen LogP) is -0.500. The number of aliphatic carboxylic acids is 1. The Kier molecular flexibility index (Phi) is 5.56. The van der Waals surface area contributed by atoms with E-state index in [-0.39, 0.29) is 6.04 Å². The number of hydrogen-bond donors (Lipinski definition) is 3. The number of hydroxylamine groups is 1. The van der Waals surface area contributed by atoms with E-state index < -0.39 is 18.1 Å². The molecule has 1 rings (SSSR count). The topological polar surface area (TPSA) is 112 Å². The Morgan fingerprint density at radius 3 is 2.84 bits per heavy atom. The van der Waals surface area contributed by atoms with Crippen molar-refractivity contribution in [3.63, 3.8) is 0 Å². The first-order valence-corrected chi connectivity index (χ1v) is 5.79. The fourth-order valence-electron chi connectivity index (χ4n) is 1.90. The third-order valence-corrected chi connectivity index (χ3v) is 2.85. The molecule has 0 saturated carbocycles. The van der Waals surface area contributed by atoms with E-state index in [0.29, 0.717) is 32.5 Å². The lowest BCUT2D eigenvalue weighted by atomic mass is 10.00. The van der Waals surface area contributed by atoms with Gasteiger partial charge in [-0.15, -0.1) is 0 Å². The Hall–Kier alpha value is -1.34. The van der Waals surface area contributed by atoms with Gasteiger partial charge in [-0.2, -0.15) is 19.5 Å². The number of piperidine rings is 1. The van der Waals surface area contributed by atoms with Crippen LogP contribution < -0.4 is 11.2 Å². The molecule has 0 amide bonds. The van der Waals surface area contributed by atoms with Crippen LogP contribution in [0.1, 0.15) is 12.8 Å². The first kappa shape index (κ1) is 15.7. The second kappa shape index (κ2) is 6.72. The molecule has 0 spiro atoms. The quantitative estimate of drug-likeness (QED) is 0.561. The minimum atomic E-state index is -4.27. The molecule has 108 valence electrons. The van der Waals surface area contributed by atoms with E-state index in [1.54, 1.807) is 4.90 Å². The van der Waals surface area contributed by atoms with Gasteiger partial charge in [0.25, 0.3) is 0 Å². The van der Waals surface area contributed by atoms with Gasteiger partial charge in [0.15, 0.2) is 0 Å². The molecule has 19 heavy (non-hydrogen) atoms. The van der Waals surface area contributed by atoms with E-state index in [9.17, 15) is 13.6 Å². The van der Waals surface area contributed by atoms with Crippen LogP contribution in [0.25, 0.3) is 0 Å². The Balaban J connectivity index is 2.49. The number of carboxylic acids is 1. The highest BCUT2D eigenvalue weighted by Gasteiger charge is 2.42. The molecule has 2 atom stereocenters. The van der Waals surface area contributed by atoms with Crippen molar-refractivity contribution in [2.24, 2.45) is 5.73 Å². The molecule has 0 radical (unpaired) electrons. The van der Waals surface area contributed by atoms with Crippen molar-refractivity contribution >= 4 is 5.97 Å². The fraction of sp³-hybridized carbons (Fsp3) is 0.800. The standard InChI is InChI=1S/C10H16F2N4O3/c11-10(12,9(17)18)19-15-7-1-2-8(5-14)16(6-7)4-3-13/h7-8,15H,1-4,6,13H2,(H,17,18). The molecule has 9 heteroatoms. The zero-order valence-electron chi connectivity index (χ0n) is 10.2. The van der Waals surface area contributed by atoms with Crippen molar-refractivity contribution in [3.05, 3.63) is 0 Å². The normalized spacial score (nSPS) is 24.9. The summed E-state index contributed by atoms with van der Waals surface area (Å²) in [6.07, 6.45) is -3.35. The number of rotatable bonds is 6. The van der Waals surface area contributed by atoms with Gasteiger partial charge in [0.1, 0.15) is 0 Å². The van der Waals surface area contributed by atoms with Crippen LogP contribution in [0.15, 0.2) is 0 Å². The number of nitriles is 1. The van der Waals surface area contributed by atoms with Gasteiger partial charge in [0, 0.05) is 25.7 Å².